The van der Waals surface area contributed by atoms with Gasteiger partial charge in [-0.1, -0.05) is 0 Å². The van der Waals surface area contributed by atoms with Gasteiger partial charge in [0.2, 0.25) is 5.91 Å². The highest BCUT2D eigenvalue weighted by Gasteiger charge is 2.35. The number of hydrogen-bond donors (Lipinski definition) is 0. The summed E-state index contributed by atoms with van der Waals surface area (Å²) in [4.78, 5) is 40.8. The van der Waals surface area contributed by atoms with Crippen LogP contribution in [0.25, 0.3) is 16.4 Å². The van der Waals surface area contributed by atoms with Gasteiger partial charge in [0.1, 0.15) is 12.7 Å². The third kappa shape index (κ3) is 3.97. The van der Waals surface area contributed by atoms with Crippen molar-refractivity contribution in [2.75, 3.05) is 32.8 Å². The predicted molar refractivity (Wildman–Crippen MR) is 142 cm³/mol. The molecule has 0 aliphatic carbocycles. The summed E-state index contributed by atoms with van der Waals surface area (Å²) in [7, 11) is 0. The number of carbonyl (C=O) groups is 2. The highest BCUT2D eigenvalue weighted by molar-refractivity contribution is 7.13. The molecule has 0 radical (unpaired) electrons. The van der Waals surface area contributed by atoms with Crippen LogP contribution < -0.4 is 9.47 Å². The number of benzene rings is 1. The zero-order valence-electron chi connectivity index (χ0n) is 21.5. The fraction of sp³-hybridized carbons (Fsp3) is 0.500. The number of carbonyl (C=O) groups excluding carboxylic acids is 2. The maximum atomic E-state index is 14.0. The molecule has 0 bridgehead atoms. The Labute approximate surface area is 225 Å². The lowest BCUT2D eigenvalue weighted by atomic mass is 9.97. The van der Waals surface area contributed by atoms with E-state index in [0.717, 1.165) is 77.9 Å². The number of ether oxygens (including phenoxy) is 2. The number of aryl methyl sites for hydroxylation is 1. The fourth-order valence-corrected chi connectivity index (χ4v) is 6.61. The lowest BCUT2D eigenvalue weighted by Gasteiger charge is -2.34. The van der Waals surface area contributed by atoms with E-state index < -0.39 is 0 Å². The summed E-state index contributed by atoms with van der Waals surface area (Å²) < 4.78 is 14.1. The second kappa shape index (κ2) is 9.41. The molecule has 38 heavy (non-hydrogen) atoms. The fourth-order valence-electron chi connectivity index (χ4n) is 6.01. The van der Waals surface area contributed by atoms with Crippen molar-refractivity contribution in [2.45, 2.75) is 51.6 Å². The lowest BCUT2D eigenvalue weighted by Crippen LogP contribution is -2.45. The van der Waals surface area contributed by atoms with Crippen LogP contribution in [0.3, 0.4) is 0 Å². The van der Waals surface area contributed by atoms with Crippen molar-refractivity contribution in [3.63, 3.8) is 0 Å². The van der Waals surface area contributed by atoms with Gasteiger partial charge in [-0.2, -0.15) is 0 Å². The maximum absolute atomic E-state index is 14.0. The van der Waals surface area contributed by atoms with E-state index >= 15 is 0 Å². The quantitative estimate of drug-likeness (QED) is 0.510. The lowest BCUT2D eigenvalue weighted by molar-refractivity contribution is -0.139. The van der Waals surface area contributed by atoms with Crippen LogP contribution in [0.15, 0.2) is 23.8 Å². The number of imidazole rings is 1. The third-order valence-corrected chi connectivity index (χ3v) is 8.95. The Balaban J connectivity index is 1.23. The van der Waals surface area contributed by atoms with Gasteiger partial charge in [-0.05, 0) is 57.1 Å². The van der Waals surface area contributed by atoms with E-state index in [4.69, 9.17) is 14.5 Å². The van der Waals surface area contributed by atoms with Crippen molar-refractivity contribution in [1.29, 1.82) is 0 Å². The van der Waals surface area contributed by atoms with Gasteiger partial charge < -0.3 is 19.3 Å². The van der Waals surface area contributed by atoms with Crippen molar-refractivity contribution >= 4 is 23.2 Å². The number of fused-ring (bicyclic) bond motifs is 4. The number of thiazole rings is 1. The van der Waals surface area contributed by atoms with E-state index in [1.807, 2.05) is 22.8 Å². The van der Waals surface area contributed by atoms with Crippen LogP contribution in [-0.2, 0) is 17.6 Å². The van der Waals surface area contributed by atoms with E-state index in [2.05, 4.69) is 15.6 Å². The van der Waals surface area contributed by atoms with Crippen LogP contribution in [0, 0.1) is 5.92 Å². The Hall–Kier alpha value is -3.40. The molecule has 2 saturated heterocycles. The molecule has 2 aromatic heterocycles. The average molecular weight is 534 g/mol. The summed E-state index contributed by atoms with van der Waals surface area (Å²) in [6.07, 6.45) is 6.76. The Morgan fingerprint density at radius 1 is 1.03 bits per heavy atom. The van der Waals surface area contributed by atoms with Crippen molar-refractivity contribution in [3.05, 3.63) is 40.8 Å². The van der Waals surface area contributed by atoms with E-state index in [1.165, 1.54) is 11.3 Å². The van der Waals surface area contributed by atoms with E-state index in [9.17, 15) is 9.59 Å². The normalized spacial score (nSPS) is 22.2. The minimum Gasteiger partial charge on any atom is -0.486 e. The Bertz CT molecular complexity index is 1400. The minimum atomic E-state index is -0.0452. The first-order valence-corrected chi connectivity index (χ1v) is 14.5. The van der Waals surface area contributed by atoms with Crippen LogP contribution in [0.2, 0.25) is 0 Å². The molecular weight excluding hydrogens is 502 g/mol. The Morgan fingerprint density at radius 3 is 2.68 bits per heavy atom. The minimum absolute atomic E-state index is 0.0134. The molecule has 2 unspecified atom stereocenters. The number of hydrogen-bond acceptors (Lipinski definition) is 7. The molecule has 0 spiro atoms. The number of amides is 2. The predicted octanol–water partition coefficient (Wildman–Crippen LogP) is 3.73. The first-order valence-electron chi connectivity index (χ1n) is 13.6. The molecule has 6 heterocycles. The highest BCUT2D eigenvalue weighted by Crippen LogP contribution is 2.41. The molecule has 0 saturated carbocycles. The zero-order valence-corrected chi connectivity index (χ0v) is 22.3. The summed E-state index contributed by atoms with van der Waals surface area (Å²) in [5.74, 6) is 2.45. The number of aromatic nitrogens is 3. The number of nitrogens with zero attached hydrogens (tertiary/aromatic N) is 5. The maximum Gasteiger partial charge on any atom is 0.274 e. The van der Waals surface area contributed by atoms with Crippen molar-refractivity contribution in [3.8, 4) is 27.9 Å². The van der Waals surface area contributed by atoms with Crippen LogP contribution in [0.4, 0.5) is 0 Å². The molecule has 10 heteroatoms. The molecule has 198 valence electrons. The molecule has 3 aromatic rings. The summed E-state index contributed by atoms with van der Waals surface area (Å²) in [6, 6.07) is 4.10. The van der Waals surface area contributed by atoms with Gasteiger partial charge in [0.05, 0.1) is 21.8 Å². The molecule has 0 N–H and O–H groups in total. The van der Waals surface area contributed by atoms with Gasteiger partial charge in [0.15, 0.2) is 23.0 Å². The van der Waals surface area contributed by atoms with Crippen molar-refractivity contribution in [2.24, 2.45) is 5.92 Å². The molecular formula is C28H31N5O4S. The molecule has 1 aromatic carbocycles. The number of likely N-dealkylation sites (tertiary alicyclic amines) is 2. The molecule has 2 fully saturated rings. The van der Waals surface area contributed by atoms with Crippen LogP contribution >= 0.6 is 11.3 Å². The molecule has 4 aliphatic heterocycles. The van der Waals surface area contributed by atoms with E-state index in [0.29, 0.717) is 38.2 Å². The van der Waals surface area contributed by atoms with Gasteiger partial charge in [-0.3, -0.25) is 19.1 Å². The molecule has 7 rings (SSSR count). The number of rotatable bonds is 3. The van der Waals surface area contributed by atoms with Gasteiger partial charge in [-0.25, -0.2) is 4.98 Å². The molecule has 9 nitrogen and oxygen atoms in total. The van der Waals surface area contributed by atoms with Gasteiger partial charge in [-0.15, -0.1) is 11.3 Å². The van der Waals surface area contributed by atoms with Crippen LogP contribution in [0.5, 0.6) is 11.5 Å². The summed E-state index contributed by atoms with van der Waals surface area (Å²) in [6.45, 7) is 5.51. The first kappa shape index (κ1) is 23.7. The van der Waals surface area contributed by atoms with Crippen molar-refractivity contribution in [1.82, 2.24) is 24.3 Å². The molecule has 2 atom stereocenters. The van der Waals surface area contributed by atoms with Crippen molar-refractivity contribution < 1.29 is 19.1 Å². The van der Waals surface area contributed by atoms with E-state index in [1.54, 1.807) is 11.7 Å². The highest BCUT2D eigenvalue weighted by atomic mass is 32.1. The SMILES string of the molecule is CC1COc2cc3c(cc2O1)-n1c(-c2cncs2)nc(C(=O)N2CCCC(C(=O)N4CCC4)CC2)c1CC3. The Morgan fingerprint density at radius 2 is 1.89 bits per heavy atom. The average Bonchev–Trinajstić information content (AvgIpc) is 3.48. The summed E-state index contributed by atoms with van der Waals surface area (Å²) in [5.41, 5.74) is 5.35. The second-order valence-electron chi connectivity index (χ2n) is 10.7. The Kier molecular flexibility index (Phi) is 5.87. The molecule has 4 aliphatic rings. The summed E-state index contributed by atoms with van der Waals surface area (Å²) >= 11 is 1.51. The van der Waals surface area contributed by atoms with Crippen LogP contribution in [-0.4, -0.2) is 75.0 Å². The molecule has 2 amide bonds. The first-order chi connectivity index (χ1) is 18.6. The standard InChI is InChI=1S/C28H31N5O4S/c1-17-15-36-22-12-19-5-6-20-25(28(35)32-8-2-4-18(7-11-32)27(34)31-9-3-10-31)30-26(24-14-29-16-38-24)33(20)21(19)13-23(22)37-17/h12-14,16-18H,2-11,15H2,1H3. The van der Waals surface area contributed by atoms with Gasteiger partial charge >= 0.3 is 0 Å². The zero-order chi connectivity index (χ0) is 25.8. The van der Waals surface area contributed by atoms with Gasteiger partial charge in [0, 0.05) is 44.4 Å². The monoisotopic (exact) mass is 533 g/mol. The van der Waals surface area contributed by atoms with Gasteiger partial charge in [0.25, 0.3) is 5.91 Å². The smallest absolute Gasteiger partial charge is 0.274 e. The van der Waals surface area contributed by atoms with E-state index in [-0.39, 0.29) is 23.8 Å². The van der Waals surface area contributed by atoms with Crippen LogP contribution in [0.1, 0.15) is 54.4 Å². The second-order valence-corrected chi connectivity index (χ2v) is 11.6. The third-order valence-electron chi connectivity index (χ3n) is 8.18. The topological polar surface area (TPSA) is 89.8 Å². The largest absolute Gasteiger partial charge is 0.486 e. The summed E-state index contributed by atoms with van der Waals surface area (Å²) in [5, 5.41) is 0.